The maximum atomic E-state index is 10.8. The molecule has 0 saturated heterocycles. The normalized spacial score (nSPS) is 10.7. The predicted octanol–water partition coefficient (Wildman–Crippen LogP) is 2.43. The number of halogens is 1. The highest BCUT2D eigenvalue weighted by Gasteiger charge is 1.99. The van der Waals surface area contributed by atoms with E-state index >= 15 is 0 Å². The monoisotopic (exact) mass is 385 g/mol. The van der Waals surface area contributed by atoms with E-state index in [-0.39, 0.29) is 29.9 Å². The SMILES string of the molecule is CCCCCCN=C(N)NCCCCC(=O)OC.I. The van der Waals surface area contributed by atoms with Gasteiger partial charge < -0.3 is 15.8 Å². The van der Waals surface area contributed by atoms with Crippen molar-refractivity contribution in [3.8, 4) is 0 Å². The Morgan fingerprint density at radius 3 is 2.58 bits per heavy atom. The molecule has 0 aliphatic carbocycles. The van der Waals surface area contributed by atoms with Crippen LogP contribution in [-0.4, -0.2) is 32.1 Å². The minimum absolute atomic E-state index is 0. The Hall–Kier alpha value is -0.530. The highest BCUT2D eigenvalue weighted by Crippen LogP contribution is 1.98. The molecule has 0 amide bonds. The molecule has 0 unspecified atom stereocenters. The van der Waals surface area contributed by atoms with Crippen LogP contribution in [0.1, 0.15) is 51.9 Å². The summed E-state index contributed by atoms with van der Waals surface area (Å²) >= 11 is 0. The van der Waals surface area contributed by atoms with Gasteiger partial charge in [0, 0.05) is 19.5 Å². The smallest absolute Gasteiger partial charge is 0.305 e. The van der Waals surface area contributed by atoms with Crippen LogP contribution in [0.15, 0.2) is 4.99 Å². The van der Waals surface area contributed by atoms with E-state index in [1.54, 1.807) is 0 Å². The quantitative estimate of drug-likeness (QED) is 0.199. The van der Waals surface area contributed by atoms with Gasteiger partial charge in [0.25, 0.3) is 0 Å². The average molecular weight is 385 g/mol. The molecule has 6 heteroatoms. The molecule has 0 saturated carbocycles. The molecule has 0 aromatic heterocycles. The molecule has 0 heterocycles. The number of hydrogen-bond acceptors (Lipinski definition) is 3. The van der Waals surface area contributed by atoms with Crippen LogP contribution in [-0.2, 0) is 9.53 Å². The van der Waals surface area contributed by atoms with Gasteiger partial charge in [0.2, 0.25) is 0 Å². The van der Waals surface area contributed by atoms with Gasteiger partial charge in [-0.3, -0.25) is 9.79 Å². The third-order valence-corrected chi connectivity index (χ3v) is 2.64. The van der Waals surface area contributed by atoms with E-state index in [2.05, 4.69) is 22.0 Å². The zero-order chi connectivity index (χ0) is 13.6. The molecule has 0 aromatic rings. The molecule has 0 rings (SSSR count). The second-order valence-corrected chi connectivity index (χ2v) is 4.29. The number of methoxy groups -OCH3 is 1. The summed E-state index contributed by atoms with van der Waals surface area (Å²) in [6.45, 7) is 3.73. The lowest BCUT2D eigenvalue weighted by atomic mass is 10.2. The lowest BCUT2D eigenvalue weighted by Crippen LogP contribution is -2.32. The third kappa shape index (κ3) is 15.4. The lowest BCUT2D eigenvalue weighted by Gasteiger charge is -2.05. The summed E-state index contributed by atoms with van der Waals surface area (Å²) < 4.78 is 4.56. The molecule has 5 nitrogen and oxygen atoms in total. The minimum Gasteiger partial charge on any atom is -0.469 e. The molecule has 19 heavy (non-hydrogen) atoms. The van der Waals surface area contributed by atoms with E-state index in [1.807, 2.05) is 0 Å². The minimum atomic E-state index is -0.160. The number of nitrogens with one attached hydrogen (secondary N) is 1. The highest BCUT2D eigenvalue weighted by atomic mass is 127. The Morgan fingerprint density at radius 1 is 1.21 bits per heavy atom. The molecule has 0 spiro atoms. The number of guanidine groups is 1. The first-order valence-electron chi connectivity index (χ1n) is 6.81. The van der Waals surface area contributed by atoms with Crippen LogP contribution in [0.25, 0.3) is 0 Å². The number of hydrogen-bond donors (Lipinski definition) is 2. The van der Waals surface area contributed by atoms with Gasteiger partial charge in [-0.25, -0.2) is 0 Å². The molecule has 0 radical (unpaired) electrons. The fraction of sp³-hybridized carbons (Fsp3) is 0.846. The van der Waals surface area contributed by atoms with Crippen molar-refractivity contribution in [1.29, 1.82) is 0 Å². The Morgan fingerprint density at radius 2 is 1.95 bits per heavy atom. The number of rotatable bonds is 10. The second-order valence-electron chi connectivity index (χ2n) is 4.29. The number of esters is 1. The van der Waals surface area contributed by atoms with Gasteiger partial charge in [0.15, 0.2) is 5.96 Å². The molecule has 114 valence electrons. The van der Waals surface area contributed by atoms with E-state index < -0.39 is 0 Å². The van der Waals surface area contributed by atoms with Crippen LogP contribution < -0.4 is 11.1 Å². The van der Waals surface area contributed by atoms with Gasteiger partial charge in [-0.05, 0) is 19.3 Å². The van der Waals surface area contributed by atoms with Gasteiger partial charge in [0.05, 0.1) is 7.11 Å². The van der Waals surface area contributed by atoms with Crippen molar-refractivity contribution >= 4 is 35.9 Å². The predicted molar refractivity (Wildman–Crippen MR) is 89.9 cm³/mol. The number of ether oxygens (including phenoxy) is 1. The average Bonchev–Trinajstić information content (AvgIpc) is 2.37. The molecule has 0 bridgehead atoms. The van der Waals surface area contributed by atoms with Crippen LogP contribution in [0.5, 0.6) is 0 Å². The third-order valence-electron chi connectivity index (χ3n) is 2.64. The van der Waals surface area contributed by atoms with Crippen molar-refractivity contribution in [3.63, 3.8) is 0 Å². The standard InChI is InChI=1S/C13H27N3O2.HI/c1-3-4-5-7-10-15-13(14)16-11-8-6-9-12(17)18-2;/h3-11H2,1-2H3,(H3,14,15,16);1H. The fourth-order valence-electron chi connectivity index (χ4n) is 1.51. The van der Waals surface area contributed by atoms with E-state index in [1.165, 1.54) is 26.4 Å². The first-order valence-corrected chi connectivity index (χ1v) is 6.81. The number of aliphatic imine (C=N–C) groups is 1. The van der Waals surface area contributed by atoms with Gasteiger partial charge in [-0.1, -0.05) is 26.2 Å². The largest absolute Gasteiger partial charge is 0.469 e. The van der Waals surface area contributed by atoms with Crippen LogP contribution in [0.4, 0.5) is 0 Å². The maximum Gasteiger partial charge on any atom is 0.305 e. The molecule has 0 aliphatic rings. The van der Waals surface area contributed by atoms with E-state index in [4.69, 9.17) is 5.73 Å². The summed E-state index contributed by atoms with van der Waals surface area (Å²) in [4.78, 5) is 15.1. The van der Waals surface area contributed by atoms with Crippen molar-refractivity contribution in [2.45, 2.75) is 51.9 Å². The Bertz CT molecular complexity index is 248. The maximum absolute atomic E-state index is 10.8. The Balaban J connectivity index is 0. The number of carbonyl (C=O) groups is 1. The van der Waals surface area contributed by atoms with E-state index in [9.17, 15) is 4.79 Å². The summed E-state index contributed by atoms with van der Waals surface area (Å²) in [5.41, 5.74) is 5.70. The molecule has 0 atom stereocenters. The Labute approximate surface area is 133 Å². The number of nitrogens with zero attached hydrogens (tertiary/aromatic N) is 1. The van der Waals surface area contributed by atoms with E-state index in [0.717, 1.165) is 32.4 Å². The number of carbonyl (C=O) groups excluding carboxylic acids is 1. The fourth-order valence-corrected chi connectivity index (χ4v) is 1.51. The summed E-state index contributed by atoms with van der Waals surface area (Å²) in [6.07, 6.45) is 6.97. The first-order chi connectivity index (χ1) is 8.70. The van der Waals surface area contributed by atoms with Crippen LogP contribution >= 0.6 is 24.0 Å². The molecular formula is C13H28IN3O2. The summed E-state index contributed by atoms with van der Waals surface area (Å²) in [7, 11) is 1.41. The molecule has 3 N–H and O–H groups in total. The van der Waals surface area contributed by atoms with Crippen molar-refractivity contribution < 1.29 is 9.53 Å². The summed E-state index contributed by atoms with van der Waals surface area (Å²) in [6, 6.07) is 0. The van der Waals surface area contributed by atoms with Gasteiger partial charge in [-0.15, -0.1) is 24.0 Å². The second kappa shape index (κ2) is 15.5. The zero-order valence-corrected chi connectivity index (χ0v) is 14.4. The van der Waals surface area contributed by atoms with Crippen molar-refractivity contribution in [3.05, 3.63) is 0 Å². The van der Waals surface area contributed by atoms with Gasteiger partial charge in [0.1, 0.15) is 0 Å². The topological polar surface area (TPSA) is 76.7 Å². The first kappa shape index (κ1) is 20.8. The molecule has 0 aromatic carbocycles. The lowest BCUT2D eigenvalue weighted by molar-refractivity contribution is -0.140. The summed E-state index contributed by atoms with van der Waals surface area (Å²) in [5, 5.41) is 3.04. The highest BCUT2D eigenvalue weighted by molar-refractivity contribution is 14.0. The van der Waals surface area contributed by atoms with Crippen LogP contribution in [0, 0.1) is 0 Å². The Kier molecular flexibility index (Phi) is 17.0. The van der Waals surface area contributed by atoms with Crippen LogP contribution in [0.2, 0.25) is 0 Å². The van der Waals surface area contributed by atoms with E-state index in [0.29, 0.717) is 12.4 Å². The molecule has 0 fully saturated rings. The van der Waals surface area contributed by atoms with Gasteiger partial charge in [-0.2, -0.15) is 0 Å². The number of nitrogens with two attached hydrogens (primary N) is 1. The molecule has 0 aliphatic heterocycles. The number of unbranched alkanes of at least 4 members (excludes halogenated alkanes) is 4. The zero-order valence-electron chi connectivity index (χ0n) is 12.1. The molecular weight excluding hydrogens is 357 g/mol. The van der Waals surface area contributed by atoms with Crippen molar-refractivity contribution in [1.82, 2.24) is 5.32 Å². The summed E-state index contributed by atoms with van der Waals surface area (Å²) in [5.74, 6) is 0.345. The van der Waals surface area contributed by atoms with Crippen molar-refractivity contribution in [2.75, 3.05) is 20.2 Å². The van der Waals surface area contributed by atoms with Gasteiger partial charge >= 0.3 is 5.97 Å². The van der Waals surface area contributed by atoms with Crippen LogP contribution in [0.3, 0.4) is 0 Å². The van der Waals surface area contributed by atoms with Crippen molar-refractivity contribution in [2.24, 2.45) is 10.7 Å².